The van der Waals surface area contributed by atoms with Crippen molar-refractivity contribution in [2.24, 2.45) is 4.99 Å². The second-order valence-electron chi connectivity index (χ2n) is 8.48. The summed E-state index contributed by atoms with van der Waals surface area (Å²) >= 11 is 0. The molecule has 6 nitrogen and oxygen atoms in total. The molecular formula is C29H34N4O2. The Morgan fingerprint density at radius 3 is 2.54 bits per heavy atom. The fraction of sp³-hybridized carbons (Fsp3) is 0.310. The van der Waals surface area contributed by atoms with E-state index in [9.17, 15) is 4.79 Å². The molecule has 182 valence electrons. The first-order chi connectivity index (χ1) is 17.1. The highest BCUT2D eigenvalue weighted by Gasteiger charge is 2.24. The van der Waals surface area contributed by atoms with Gasteiger partial charge in [0.1, 0.15) is 12.0 Å². The van der Waals surface area contributed by atoms with Gasteiger partial charge in [-0.1, -0.05) is 38.1 Å². The number of fused-ring (bicyclic) bond motifs is 1. The smallest absolute Gasteiger partial charge is 0.264 e. The number of aliphatic imine (C=N–C) groups is 1. The summed E-state index contributed by atoms with van der Waals surface area (Å²) in [5.74, 6) is 1.39. The van der Waals surface area contributed by atoms with Gasteiger partial charge in [0.2, 0.25) is 0 Å². The molecular weight excluding hydrogens is 436 g/mol. The fourth-order valence-electron chi connectivity index (χ4n) is 4.32. The summed E-state index contributed by atoms with van der Waals surface area (Å²) in [7, 11) is 1.70. The molecule has 3 N–H and O–H groups in total. The monoisotopic (exact) mass is 470 g/mol. The first kappa shape index (κ1) is 24.5. The van der Waals surface area contributed by atoms with E-state index in [1.54, 1.807) is 17.8 Å². The van der Waals surface area contributed by atoms with E-state index in [0.29, 0.717) is 23.8 Å². The molecule has 1 aliphatic heterocycles. The molecule has 0 amide bonds. The predicted octanol–water partition coefficient (Wildman–Crippen LogP) is 5.84. The number of nitrogens with two attached hydrogens (primary N) is 1. The van der Waals surface area contributed by atoms with Gasteiger partial charge in [-0.25, -0.2) is 0 Å². The van der Waals surface area contributed by atoms with E-state index >= 15 is 0 Å². The van der Waals surface area contributed by atoms with Gasteiger partial charge >= 0.3 is 0 Å². The second kappa shape index (κ2) is 10.7. The van der Waals surface area contributed by atoms with E-state index in [1.165, 1.54) is 18.4 Å². The Bertz CT molecular complexity index is 1300. The van der Waals surface area contributed by atoms with Crippen LogP contribution in [0.5, 0.6) is 0 Å². The molecule has 0 radical (unpaired) electrons. The molecule has 3 aromatic rings. The quantitative estimate of drug-likeness (QED) is 0.350. The Labute approximate surface area is 207 Å². The average molecular weight is 471 g/mol. The van der Waals surface area contributed by atoms with Crippen LogP contribution in [0, 0.1) is 0 Å². The largest absolute Gasteiger partial charge is 0.398 e. The summed E-state index contributed by atoms with van der Waals surface area (Å²) in [6.07, 6.45) is 7.89. The van der Waals surface area contributed by atoms with E-state index in [2.05, 4.69) is 22.4 Å². The molecule has 0 saturated heterocycles. The Morgan fingerprint density at radius 2 is 1.89 bits per heavy atom. The molecule has 1 unspecified atom stereocenters. The topological polar surface area (TPSA) is 81.6 Å². The third kappa shape index (κ3) is 5.08. The molecule has 6 heteroatoms. The van der Waals surface area contributed by atoms with E-state index in [1.807, 2.05) is 69.3 Å². The number of hydrogen-bond donors (Lipinski definition) is 2. The number of rotatable bonds is 6. The fourth-order valence-corrected chi connectivity index (χ4v) is 4.32. The van der Waals surface area contributed by atoms with Crippen LogP contribution in [-0.4, -0.2) is 30.7 Å². The highest BCUT2D eigenvalue weighted by atomic mass is 16.5. The lowest BCUT2D eigenvalue weighted by Gasteiger charge is -2.26. The molecule has 2 heterocycles. The van der Waals surface area contributed by atoms with Crippen LogP contribution in [0.1, 0.15) is 56.2 Å². The number of hydrogen-bond acceptors (Lipinski definition) is 5. The second-order valence-corrected chi connectivity index (χ2v) is 8.48. The number of nitrogens with zero attached hydrogens (tertiary/aromatic N) is 2. The maximum Gasteiger partial charge on any atom is 0.264 e. The lowest BCUT2D eigenvalue weighted by molar-refractivity contribution is 0.115. The minimum atomic E-state index is -0.284. The van der Waals surface area contributed by atoms with Crippen molar-refractivity contribution < 1.29 is 4.74 Å². The van der Waals surface area contributed by atoms with Crippen LogP contribution in [0.2, 0.25) is 0 Å². The van der Waals surface area contributed by atoms with Gasteiger partial charge in [-0.2, -0.15) is 0 Å². The van der Waals surface area contributed by atoms with E-state index < -0.39 is 0 Å². The first-order valence-electron chi connectivity index (χ1n) is 12.4. The van der Waals surface area contributed by atoms with Gasteiger partial charge in [-0.15, -0.1) is 0 Å². The third-order valence-corrected chi connectivity index (χ3v) is 6.17. The first-order valence-corrected chi connectivity index (χ1v) is 12.4. The predicted molar refractivity (Wildman–Crippen MR) is 147 cm³/mol. The summed E-state index contributed by atoms with van der Waals surface area (Å²) in [5.41, 5.74) is 11.9. The average Bonchev–Trinajstić information content (AvgIpc) is 3.73. The molecule has 2 aromatic carbocycles. The third-order valence-electron chi connectivity index (χ3n) is 6.17. The molecule has 0 bridgehead atoms. The van der Waals surface area contributed by atoms with Gasteiger partial charge < -0.3 is 15.8 Å². The minimum absolute atomic E-state index is 0.102. The van der Waals surface area contributed by atoms with Gasteiger partial charge in [0.15, 0.2) is 0 Å². The molecule has 2 aliphatic rings. The van der Waals surface area contributed by atoms with Crippen molar-refractivity contribution in [3.05, 3.63) is 81.7 Å². The maximum atomic E-state index is 13.9. The van der Waals surface area contributed by atoms with Crippen LogP contribution in [0.25, 0.3) is 22.9 Å². The van der Waals surface area contributed by atoms with Crippen molar-refractivity contribution in [3.8, 4) is 16.8 Å². The van der Waals surface area contributed by atoms with Gasteiger partial charge in [0.05, 0.1) is 5.69 Å². The molecule has 0 spiro atoms. The summed E-state index contributed by atoms with van der Waals surface area (Å²) < 4.78 is 7.51. The number of nitrogen functional groups attached to an aromatic ring is 1. The highest BCUT2D eigenvalue weighted by molar-refractivity contribution is 5.89. The molecule has 1 atom stereocenters. The van der Waals surface area contributed by atoms with Crippen LogP contribution in [0.3, 0.4) is 0 Å². The Morgan fingerprint density at radius 1 is 1.14 bits per heavy atom. The van der Waals surface area contributed by atoms with Crippen LogP contribution in [0.15, 0.2) is 64.4 Å². The molecule has 35 heavy (non-hydrogen) atoms. The number of pyridine rings is 1. The zero-order chi connectivity index (χ0) is 24.9. The van der Waals surface area contributed by atoms with E-state index in [0.717, 1.165) is 28.2 Å². The van der Waals surface area contributed by atoms with Crippen LogP contribution >= 0.6 is 0 Å². The SMILES string of the molecule is CC.CCOC1C=Cc2cc(-c3ccc(N)c(C=NC)c3)c(=O)n(-c3ccc(C4CC4)cc3)c2N1. The Kier molecular flexibility index (Phi) is 7.51. The lowest BCUT2D eigenvalue weighted by Crippen LogP contribution is -2.31. The molecule has 1 aromatic heterocycles. The molecule has 1 saturated carbocycles. The molecule has 5 rings (SSSR count). The summed E-state index contributed by atoms with van der Waals surface area (Å²) in [6, 6.07) is 15.9. The lowest BCUT2D eigenvalue weighted by atomic mass is 10.00. The number of ether oxygens (including phenoxy) is 1. The van der Waals surface area contributed by atoms with Crippen molar-refractivity contribution in [1.82, 2.24) is 4.57 Å². The molecule has 1 aliphatic carbocycles. The van der Waals surface area contributed by atoms with Crippen molar-refractivity contribution in [3.63, 3.8) is 0 Å². The normalized spacial score (nSPS) is 16.4. The summed E-state index contributed by atoms with van der Waals surface area (Å²) in [5, 5.41) is 3.39. The van der Waals surface area contributed by atoms with Crippen molar-refractivity contribution in [1.29, 1.82) is 0 Å². The van der Waals surface area contributed by atoms with Crippen LogP contribution in [0.4, 0.5) is 11.5 Å². The van der Waals surface area contributed by atoms with Gasteiger partial charge in [-0.05, 0) is 73.2 Å². The van der Waals surface area contributed by atoms with Gasteiger partial charge in [0.25, 0.3) is 5.56 Å². The Hall–Kier alpha value is -3.64. The van der Waals surface area contributed by atoms with Crippen molar-refractivity contribution in [2.45, 2.75) is 45.8 Å². The van der Waals surface area contributed by atoms with Gasteiger partial charge in [0, 0.05) is 42.2 Å². The van der Waals surface area contributed by atoms with Crippen LogP contribution in [-0.2, 0) is 4.74 Å². The molecule has 1 fully saturated rings. The summed E-state index contributed by atoms with van der Waals surface area (Å²) in [4.78, 5) is 18.0. The zero-order valence-electron chi connectivity index (χ0n) is 20.9. The van der Waals surface area contributed by atoms with Crippen molar-refractivity contribution >= 4 is 23.8 Å². The van der Waals surface area contributed by atoms with Crippen molar-refractivity contribution in [2.75, 3.05) is 24.7 Å². The van der Waals surface area contributed by atoms with Gasteiger partial charge in [-0.3, -0.25) is 14.4 Å². The number of anilines is 2. The zero-order valence-corrected chi connectivity index (χ0v) is 20.9. The number of nitrogens with one attached hydrogen (secondary N) is 1. The Balaban J connectivity index is 0.00000141. The van der Waals surface area contributed by atoms with E-state index in [-0.39, 0.29) is 11.8 Å². The minimum Gasteiger partial charge on any atom is -0.398 e. The highest BCUT2D eigenvalue weighted by Crippen LogP contribution is 2.40. The number of benzene rings is 2. The number of aromatic nitrogens is 1. The van der Waals surface area contributed by atoms with E-state index in [4.69, 9.17) is 10.5 Å². The van der Waals surface area contributed by atoms with Crippen LogP contribution < -0.4 is 16.6 Å². The maximum absolute atomic E-state index is 13.9. The summed E-state index contributed by atoms with van der Waals surface area (Å²) in [6.45, 7) is 6.53. The standard InChI is InChI=1S/C27H28N4O2.C2H6/c1-3-33-25-13-9-20-15-23(19-8-12-24(28)21(14-19)16-29-2)27(32)31(26(20)30-25)22-10-6-18(7-11-22)17-4-5-17;1-2/h6-17,25,30H,3-5,28H2,1-2H3;1-2H3.